The van der Waals surface area contributed by atoms with E-state index < -0.39 is 0 Å². The van der Waals surface area contributed by atoms with Crippen molar-refractivity contribution in [1.29, 1.82) is 0 Å². The Morgan fingerprint density at radius 3 is 2.82 bits per heavy atom. The summed E-state index contributed by atoms with van der Waals surface area (Å²) in [4.78, 5) is 4.58. The molecular formula is C12H14BrN3O. The molecule has 0 aliphatic heterocycles. The Hall–Kier alpha value is -1.10. The minimum atomic E-state index is 0.552. The highest BCUT2D eigenvalue weighted by Crippen LogP contribution is 2.32. The average Bonchev–Trinajstić information content (AvgIpc) is 2.98. The lowest BCUT2D eigenvalue weighted by molar-refractivity contribution is 0.429. The van der Waals surface area contributed by atoms with Crippen molar-refractivity contribution in [2.24, 2.45) is 0 Å². The Bertz CT molecular complexity index is 499. The lowest BCUT2D eigenvalue weighted by Crippen LogP contribution is -2.06. The minimum Gasteiger partial charge on any atom is -0.457 e. The molecule has 4 nitrogen and oxygen atoms in total. The summed E-state index contributed by atoms with van der Waals surface area (Å²) in [6.07, 6.45) is 8.04. The summed E-state index contributed by atoms with van der Waals surface area (Å²) in [5, 5.41) is 7.34. The largest absolute Gasteiger partial charge is 0.457 e. The molecule has 1 aliphatic rings. The van der Waals surface area contributed by atoms with Crippen molar-refractivity contribution < 1.29 is 4.42 Å². The first-order valence-electron chi connectivity index (χ1n) is 6.00. The second kappa shape index (κ2) is 4.64. The monoisotopic (exact) mass is 295 g/mol. The van der Waals surface area contributed by atoms with Crippen molar-refractivity contribution in [3.8, 4) is 11.4 Å². The number of rotatable bonds is 2. The molecule has 17 heavy (non-hydrogen) atoms. The number of aromatic amines is 1. The van der Waals surface area contributed by atoms with Gasteiger partial charge in [0.2, 0.25) is 0 Å². The lowest BCUT2D eigenvalue weighted by Gasteiger charge is -2.18. The fourth-order valence-corrected chi connectivity index (χ4v) is 2.82. The zero-order valence-electron chi connectivity index (χ0n) is 9.45. The average molecular weight is 296 g/mol. The van der Waals surface area contributed by atoms with Gasteiger partial charge in [-0.3, -0.25) is 5.10 Å². The van der Waals surface area contributed by atoms with Gasteiger partial charge in [-0.2, -0.15) is 5.10 Å². The van der Waals surface area contributed by atoms with Crippen molar-refractivity contribution in [3.05, 3.63) is 22.8 Å². The van der Waals surface area contributed by atoms with E-state index in [0.717, 1.165) is 11.4 Å². The summed E-state index contributed by atoms with van der Waals surface area (Å²) in [7, 11) is 0. The molecule has 1 saturated carbocycles. The second-order valence-electron chi connectivity index (χ2n) is 4.49. The molecule has 0 atom stereocenters. The Labute approximate surface area is 108 Å². The summed E-state index contributed by atoms with van der Waals surface area (Å²) in [5.41, 5.74) is 0.906. The summed E-state index contributed by atoms with van der Waals surface area (Å²) >= 11 is 3.35. The van der Waals surface area contributed by atoms with E-state index in [1.165, 1.54) is 32.1 Å². The van der Waals surface area contributed by atoms with Crippen LogP contribution in [-0.2, 0) is 0 Å². The van der Waals surface area contributed by atoms with Crippen LogP contribution in [-0.4, -0.2) is 15.2 Å². The highest BCUT2D eigenvalue weighted by molar-refractivity contribution is 9.10. The quantitative estimate of drug-likeness (QED) is 0.915. The standard InChI is InChI=1S/C12H14BrN3O/c13-10-9(6-7-17-10)12-14-11(15-16-12)8-4-2-1-3-5-8/h6-8H,1-5H2,(H,14,15,16). The zero-order chi connectivity index (χ0) is 11.7. The predicted octanol–water partition coefficient (Wildman–Crippen LogP) is 3.87. The second-order valence-corrected chi connectivity index (χ2v) is 5.21. The summed E-state index contributed by atoms with van der Waals surface area (Å²) in [6.45, 7) is 0. The smallest absolute Gasteiger partial charge is 0.185 e. The third kappa shape index (κ3) is 2.16. The number of aromatic nitrogens is 3. The molecule has 0 bridgehead atoms. The predicted molar refractivity (Wildman–Crippen MR) is 67.6 cm³/mol. The normalized spacial score (nSPS) is 17.5. The molecule has 0 radical (unpaired) electrons. The molecule has 0 amide bonds. The maximum atomic E-state index is 5.20. The number of hydrogen-bond donors (Lipinski definition) is 1. The van der Waals surface area contributed by atoms with E-state index in [0.29, 0.717) is 16.4 Å². The number of H-pyrrole nitrogens is 1. The van der Waals surface area contributed by atoms with Crippen LogP contribution in [0.3, 0.4) is 0 Å². The molecule has 1 N–H and O–H groups in total. The van der Waals surface area contributed by atoms with Crippen LogP contribution < -0.4 is 0 Å². The van der Waals surface area contributed by atoms with Crippen molar-refractivity contribution in [2.75, 3.05) is 0 Å². The van der Waals surface area contributed by atoms with Gasteiger partial charge in [0.05, 0.1) is 11.8 Å². The summed E-state index contributed by atoms with van der Waals surface area (Å²) < 4.78 is 5.88. The van der Waals surface area contributed by atoms with Gasteiger partial charge >= 0.3 is 0 Å². The number of nitrogens with one attached hydrogen (secondary N) is 1. The molecule has 0 saturated heterocycles. The van der Waals surface area contributed by atoms with E-state index in [2.05, 4.69) is 31.1 Å². The lowest BCUT2D eigenvalue weighted by atomic mass is 9.89. The maximum absolute atomic E-state index is 5.20. The Morgan fingerprint density at radius 2 is 2.12 bits per heavy atom. The number of halogens is 1. The Balaban J connectivity index is 1.85. The van der Waals surface area contributed by atoms with Crippen LogP contribution in [0.15, 0.2) is 21.4 Å². The fourth-order valence-electron chi connectivity index (χ4n) is 2.41. The Morgan fingerprint density at radius 1 is 1.29 bits per heavy atom. The summed E-state index contributed by atoms with van der Waals surface area (Å²) in [5.74, 6) is 2.29. The van der Waals surface area contributed by atoms with Crippen molar-refractivity contribution in [3.63, 3.8) is 0 Å². The van der Waals surface area contributed by atoms with E-state index >= 15 is 0 Å². The highest BCUT2D eigenvalue weighted by Gasteiger charge is 2.20. The molecule has 1 fully saturated rings. The van der Waals surface area contributed by atoms with E-state index in [1.54, 1.807) is 6.26 Å². The molecule has 5 heteroatoms. The molecular weight excluding hydrogens is 282 g/mol. The van der Waals surface area contributed by atoms with Crippen LogP contribution in [0, 0.1) is 0 Å². The zero-order valence-corrected chi connectivity index (χ0v) is 11.0. The van der Waals surface area contributed by atoms with Gasteiger partial charge < -0.3 is 4.42 Å². The molecule has 1 aliphatic carbocycles. The van der Waals surface area contributed by atoms with Crippen LogP contribution in [0.25, 0.3) is 11.4 Å². The molecule has 0 aromatic carbocycles. The van der Waals surface area contributed by atoms with Crippen LogP contribution >= 0.6 is 15.9 Å². The van der Waals surface area contributed by atoms with Crippen LogP contribution in [0.5, 0.6) is 0 Å². The van der Waals surface area contributed by atoms with Gasteiger partial charge in [0.1, 0.15) is 5.82 Å². The Kier molecular flexibility index (Phi) is 3.01. The number of nitrogens with zero attached hydrogens (tertiary/aromatic N) is 2. The van der Waals surface area contributed by atoms with Gasteiger partial charge in [-0.25, -0.2) is 4.98 Å². The molecule has 90 valence electrons. The van der Waals surface area contributed by atoms with Gasteiger partial charge in [0, 0.05) is 5.92 Å². The van der Waals surface area contributed by atoms with E-state index in [4.69, 9.17) is 4.42 Å². The number of furan rings is 1. The van der Waals surface area contributed by atoms with Crippen molar-refractivity contribution in [2.45, 2.75) is 38.0 Å². The summed E-state index contributed by atoms with van der Waals surface area (Å²) in [6, 6.07) is 1.87. The maximum Gasteiger partial charge on any atom is 0.185 e. The third-order valence-corrected chi connectivity index (χ3v) is 3.97. The molecule has 0 spiro atoms. The van der Waals surface area contributed by atoms with Gasteiger partial charge in [0.15, 0.2) is 10.5 Å². The van der Waals surface area contributed by atoms with Gasteiger partial charge in [-0.15, -0.1) is 0 Å². The topological polar surface area (TPSA) is 54.7 Å². The first kappa shape index (κ1) is 11.0. The van der Waals surface area contributed by atoms with Gasteiger partial charge in [-0.05, 0) is 34.8 Å². The minimum absolute atomic E-state index is 0.552. The van der Waals surface area contributed by atoms with E-state index in [9.17, 15) is 0 Å². The molecule has 2 aromatic heterocycles. The molecule has 2 aromatic rings. The molecule has 0 unspecified atom stereocenters. The first-order chi connectivity index (χ1) is 8.34. The van der Waals surface area contributed by atoms with Crippen molar-refractivity contribution >= 4 is 15.9 Å². The van der Waals surface area contributed by atoms with Crippen LogP contribution in [0.1, 0.15) is 43.8 Å². The number of hydrogen-bond acceptors (Lipinski definition) is 3. The van der Waals surface area contributed by atoms with E-state index in [-0.39, 0.29) is 0 Å². The SMILES string of the molecule is Brc1occc1-c1n[nH]c(C2CCCCC2)n1. The van der Waals surface area contributed by atoms with Crippen molar-refractivity contribution in [1.82, 2.24) is 15.2 Å². The third-order valence-electron chi connectivity index (χ3n) is 3.35. The van der Waals surface area contributed by atoms with Gasteiger partial charge in [0.25, 0.3) is 0 Å². The highest BCUT2D eigenvalue weighted by atomic mass is 79.9. The first-order valence-corrected chi connectivity index (χ1v) is 6.79. The van der Waals surface area contributed by atoms with E-state index in [1.807, 2.05) is 6.07 Å². The van der Waals surface area contributed by atoms with Crippen LogP contribution in [0.4, 0.5) is 0 Å². The van der Waals surface area contributed by atoms with Gasteiger partial charge in [-0.1, -0.05) is 19.3 Å². The van der Waals surface area contributed by atoms with Crippen LogP contribution in [0.2, 0.25) is 0 Å². The molecule has 2 heterocycles. The fraction of sp³-hybridized carbons (Fsp3) is 0.500. The molecule has 3 rings (SSSR count).